The Labute approximate surface area is 269 Å². The highest BCUT2D eigenvalue weighted by Gasteiger charge is 2.31. The molecule has 46 heavy (non-hydrogen) atoms. The standard InChI is InChI=1S/C35H24F3N3O3S2/c1-44-25-13-9-20(10-14-25)28-19-27(22-4-2-5-23(18-22)35(36,37)38)30-31(39)32(46-34(30)41-28)33(43)40-24-11-7-21(8-12-24)29(42)16-15-26-6-3-17-45-26/h2-19H,39H2,1H3,(H,40,43)/b16-15+. The summed E-state index contributed by atoms with van der Waals surface area (Å²) in [7, 11) is 1.55. The van der Waals surface area contributed by atoms with Crippen LogP contribution >= 0.6 is 22.7 Å². The van der Waals surface area contributed by atoms with Crippen LogP contribution in [0, 0.1) is 0 Å². The first-order valence-corrected chi connectivity index (χ1v) is 15.5. The molecule has 0 fully saturated rings. The molecule has 0 saturated carbocycles. The van der Waals surface area contributed by atoms with Crippen molar-refractivity contribution in [2.24, 2.45) is 0 Å². The lowest BCUT2D eigenvalue weighted by Gasteiger charge is -2.12. The number of hydrogen-bond donors (Lipinski definition) is 2. The van der Waals surface area contributed by atoms with Crippen LogP contribution in [-0.2, 0) is 6.18 Å². The summed E-state index contributed by atoms with van der Waals surface area (Å²) in [6.07, 6.45) is -1.31. The Hall–Kier alpha value is -5.26. The van der Waals surface area contributed by atoms with E-state index in [2.05, 4.69) is 5.32 Å². The number of methoxy groups -OCH3 is 1. The van der Waals surface area contributed by atoms with Crippen LogP contribution in [-0.4, -0.2) is 23.8 Å². The smallest absolute Gasteiger partial charge is 0.416 e. The zero-order valence-corrected chi connectivity index (χ0v) is 25.7. The predicted octanol–water partition coefficient (Wildman–Crippen LogP) is 9.45. The predicted molar refractivity (Wildman–Crippen MR) is 179 cm³/mol. The van der Waals surface area contributed by atoms with Gasteiger partial charge in [0.1, 0.15) is 15.5 Å². The molecule has 6 nitrogen and oxygen atoms in total. The maximum Gasteiger partial charge on any atom is 0.416 e. The number of hydrogen-bond acceptors (Lipinski definition) is 7. The van der Waals surface area contributed by atoms with Crippen molar-refractivity contribution in [2.45, 2.75) is 6.18 Å². The first kappa shape index (κ1) is 30.8. The van der Waals surface area contributed by atoms with E-state index in [1.165, 1.54) is 23.5 Å². The molecule has 0 bridgehead atoms. The topological polar surface area (TPSA) is 94.3 Å². The number of nitrogens with two attached hydrogens (primary N) is 1. The van der Waals surface area contributed by atoms with E-state index in [9.17, 15) is 22.8 Å². The van der Waals surface area contributed by atoms with Gasteiger partial charge in [0.25, 0.3) is 5.91 Å². The molecule has 230 valence electrons. The Morgan fingerprint density at radius 1 is 0.935 bits per heavy atom. The SMILES string of the molecule is COc1ccc(-c2cc(-c3cccc(C(F)(F)F)c3)c3c(N)c(C(=O)Nc4ccc(C(=O)/C=C/c5cccs5)cc4)sc3n2)cc1. The number of thiophene rings is 2. The highest BCUT2D eigenvalue weighted by molar-refractivity contribution is 7.21. The van der Waals surface area contributed by atoms with E-state index in [-0.39, 0.29) is 21.9 Å². The second-order valence-corrected chi connectivity index (χ2v) is 12.1. The van der Waals surface area contributed by atoms with Crippen molar-refractivity contribution in [3.05, 3.63) is 123 Å². The molecule has 0 radical (unpaired) electrons. The Balaban J connectivity index is 1.35. The molecule has 6 rings (SSSR count). The van der Waals surface area contributed by atoms with Gasteiger partial charge in [-0.05, 0) is 101 Å². The van der Waals surface area contributed by atoms with Crippen molar-refractivity contribution in [2.75, 3.05) is 18.2 Å². The number of pyridine rings is 1. The highest BCUT2D eigenvalue weighted by atomic mass is 32.1. The zero-order chi connectivity index (χ0) is 32.4. The molecule has 6 aromatic rings. The number of nitrogens with zero attached hydrogens (tertiary/aromatic N) is 1. The molecular formula is C35H24F3N3O3S2. The normalized spacial score (nSPS) is 11.7. The largest absolute Gasteiger partial charge is 0.497 e. The number of carbonyl (C=O) groups is 2. The maximum atomic E-state index is 13.7. The maximum absolute atomic E-state index is 13.7. The van der Waals surface area contributed by atoms with Gasteiger partial charge in [0.05, 0.1) is 24.1 Å². The van der Waals surface area contributed by atoms with Gasteiger partial charge in [-0.15, -0.1) is 22.7 Å². The molecule has 0 aliphatic carbocycles. The molecule has 3 aromatic carbocycles. The number of allylic oxidation sites excluding steroid dienone is 1. The van der Waals surface area contributed by atoms with E-state index in [1.807, 2.05) is 17.5 Å². The van der Waals surface area contributed by atoms with Gasteiger partial charge in [0.2, 0.25) is 0 Å². The van der Waals surface area contributed by atoms with E-state index < -0.39 is 17.6 Å². The number of fused-ring (bicyclic) bond motifs is 1. The number of anilines is 2. The number of ketones is 1. The summed E-state index contributed by atoms with van der Waals surface area (Å²) < 4.78 is 46.2. The lowest BCUT2D eigenvalue weighted by Crippen LogP contribution is -2.12. The Morgan fingerprint density at radius 2 is 1.70 bits per heavy atom. The fourth-order valence-corrected chi connectivity index (χ4v) is 6.47. The van der Waals surface area contributed by atoms with Crippen LogP contribution in [0.25, 0.3) is 38.7 Å². The lowest BCUT2D eigenvalue weighted by atomic mass is 9.98. The third-order valence-corrected chi connectivity index (χ3v) is 9.10. The molecule has 0 aliphatic heterocycles. The molecule has 1 amide bonds. The van der Waals surface area contributed by atoms with E-state index in [1.54, 1.807) is 73.8 Å². The highest BCUT2D eigenvalue weighted by Crippen LogP contribution is 2.43. The Morgan fingerprint density at radius 3 is 2.37 bits per heavy atom. The molecule has 0 aliphatic rings. The molecular weight excluding hydrogens is 632 g/mol. The summed E-state index contributed by atoms with van der Waals surface area (Å²) in [5.74, 6) is -0.0615. The molecule has 0 saturated heterocycles. The van der Waals surface area contributed by atoms with Crippen molar-refractivity contribution in [3.8, 4) is 28.1 Å². The van der Waals surface area contributed by atoms with Gasteiger partial charge in [0.15, 0.2) is 5.78 Å². The number of nitrogen functional groups attached to an aromatic ring is 1. The van der Waals surface area contributed by atoms with E-state index in [0.29, 0.717) is 44.0 Å². The number of amides is 1. The number of alkyl halides is 3. The van der Waals surface area contributed by atoms with Crippen LogP contribution in [0.3, 0.4) is 0 Å². The fourth-order valence-electron chi connectivity index (χ4n) is 4.84. The zero-order valence-electron chi connectivity index (χ0n) is 24.1. The van der Waals surface area contributed by atoms with Gasteiger partial charge < -0.3 is 15.8 Å². The minimum Gasteiger partial charge on any atom is -0.497 e. The van der Waals surface area contributed by atoms with Crippen LogP contribution in [0.4, 0.5) is 24.5 Å². The van der Waals surface area contributed by atoms with E-state index in [4.69, 9.17) is 15.5 Å². The van der Waals surface area contributed by atoms with Crippen molar-refractivity contribution in [1.29, 1.82) is 0 Å². The lowest BCUT2D eigenvalue weighted by molar-refractivity contribution is -0.137. The summed E-state index contributed by atoms with van der Waals surface area (Å²) in [6.45, 7) is 0. The summed E-state index contributed by atoms with van der Waals surface area (Å²) in [5, 5.41) is 5.10. The number of rotatable bonds is 8. The van der Waals surface area contributed by atoms with Crippen molar-refractivity contribution in [1.82, 2.24) is 4.98 Å². The third kappa shape index (κ3) is 6.42. The quantitative estimate of drug-likeness (QED) is 0.126. The first-order valence-electron chi connectivity index (χ1n) is 13.8. The summed E-state index contributed by atoms with van der Waals surface area (Å²) >= 11 is 2.56. The van der Waals surface area contributed by atoms with Crippen LogP contribution in [0.5, 0.6) is 5.75 Å². The summed E-state index contributed by atoms with van der Waals surface area (Å²) in [6, 6.07) is 24.0. The van der Waals surface area contributed by atoms with Crippen molar-refractivity contribution in [3.63, 3.8) is 0 Å². The van der Waals surface area contributed by atoms with Crippen LogP contribution in [0.2, 0.25) is 0 Å². The van der Waals surface area contributed by atoms with E-state index in [0.717, 1.165) is 28.3 Å². The van der Waals surface area contributed by atoms with Crippen molar-refractivity contribution >= 4 is 62.0 Å². The average molecular weight is 656 g/mol. The number of carbonyl (C=O) groups excluding carboxylic acids is 2. The second-order valence-electron chi connectivity index (χ2n) is 10.1. The Kier molecular flexibility index (Phi) is 8.44. The van der Waals surface area contributed by atoms with Gasteiger partial charge in [-0.2, -0.15) is 13.2 Å². The number of ether oxygens (including phenoxy) is 1. The monoisotopic (exact) mass is 655 g/mol. The van der Waals surface area contributed by atoms with Gasteiger partial charge >= 0.3 is 6.18 Å². The summed E-state index contributed by atoms with van der Waals surface area (Å²) in [4.78, 5) is 32.3. The minimum atomic E-state index is -4.55. The van der Waals surface area contributed by atoms with Gasteiger partial charge in [-0.1, -0.05) is 18.2 Å². The van der Waals surface area contributed by atoms with Gasteiger partial charge in [-0.25, -0.2) is 4.98 Å². The Bertz CT molecular complexity index is 2080. The minimum absolute atomic E-state index is 0.101. The third-order valence-electron chi connectivity index (χ3n) is 7.16. The molecule has 3 N–H and O–H groups in total. The van der Waals surface area contributed by atoms with Gasteiger partial charge in [0, 0.05) is 27.1 Å². The number of halogens is 3. The second kappa shape index (κ2) is 12.6. The molecule has 3 aromatic heterocycles. The molecule has 0 spiro atoms. The van der Waals surface area contributed by atoms with E-state index >= 15 is 0 Å². The van der Waals surface area contributed by atoms with Crippen LogP contribution < -0.4 is 15.8 Å². The fraction of sp³-hybridized carbons (Fsp3) is 0.0571. The number of benzene rings is 3. The molecule has 3 heterocycles. The average Bonchev–Trinajstić information content (AvgIpc) is 3.71. The molecule has 0 unspecified atom stereocenters. The van der Waals surface area contributed by atoms with Crippen LogP contribution in [0.1, 0.15) is 30.5 Å². The molecule has 11 heteroatoms. The number of aromatic nitrogens is 1. The summed E-state index contributed by atoms with van der Waals surface area (Å²) in [5.41, 5.74) is 8.60. The van der Waals surface area contributed by atoms with Crippen LogP contribution in [0.15, 0.2) is 102 Å². The number of nitrogens with one attached hydrogen (secondary N) is 1. The van der Waals surface area contributed by atoms with Gasteiger partial charge in [-0.3, -0.25) is 9.59 Å². The first-order chi connectivity index (χ1) is 22.1. The van der Waals surface area contributed by atoms with Crippen molar-refractivity contribution < 1.29 is 27.5 Å². The molecule has 0 atom stereocenters.